The van der Waals surface area contributed by atoms with Crippen LogP contribution in [0.25, 0.3) is 0 Å². The lowest BCUT2D eigenvalue weighted by atomic mass is 10.0. The molecule has 72 heavy (non-hydrogen) atoms. The van der Waals surface area contributed by atoms with E-state index in [1.54, 1.807) is 28.4 Å². The van der Waals surface area contributed by atoms with E-state index in [-0.39, 0.29) is 32.9 Å². The zero-order chi connectivity index (χ0) is 55.9. The van der Waals surface area contributed by atoms with Gasteiger partial charge in [-0.2, -0.15) is 0 Å². The van der Waals surface area contributed by atoms with Gasteiger partial charge < -0.3 is 38.9 Å². The number of methoxy groups -OCH3 is 1. The second-order valence-corrected chi connectivity index (χ2v) is 45.6. The number of carbonyl (C=O) groups excluding carboxylic acids is 1. The molecule has 0 radical (unpaired) electrons. The zero-order valence-electron chi connectivity index (χ0n) is 45.7. The van der Waals surface area contributed by atoms with Crippen molar-refractivity contribution < 1.29 is 43.7 Å². The molecule has 5 atom stereocenters. The molecule has 1 heterocycles. The van der Waals surface area contributed by atoms with E-state index in [0.717, 1.165) is 120 Å². The van der Waals surface area contributed by atoms with E-state index in [0.29, 0.717) is 48.1 Å². The van der Waals surface area contributed by atoms with Crippen molar-refractivity contribution >= 4 is 185 Å². The van der Waals surface area contributed by atoms with E-state index in [2.05, 4.69) is 37.8 Å². The summed E-state index contributed by atoms with van der Waals surface area (Å²) in [7, 11) is -5.46. The molecule has 10 nitrogen and oxygen atoms in total. The van der Waals surface area contributed by atoms with Gasteiger partial charge in [-0.05, 0) is 159 Å². The van der Waals surface area contributed by atoms with Gasteiger partial charge >= 0.3 is 57.3 Å². The second-order valence-electron chi connectivity index (χ2n) is 18.9. The van der Waals surface area contributed by atoms with Crippen LogP contribution in [-0.4, -0.2) is 155 Å². The molecule has 0 aromatic heterocycles. The second kappa shape index (κ2) is 46.2. The Hall–Kier alpha value is 3.64. The quantitative estimate of drug-likeness (QED) is 0.0342. The van der Waals surface area contributed by atoms with E-state index in [9.17, 15) is 4.79 Å². The molecular weight excluding hydrogens is 1260 g/mol. The fraction of sp³-hybridized carbons (Fsp3) is 0.978. The highest BCUT2D eigenvalue weighted by Gasteiger charge is 2.56. The maximum atomic E-state index is 11.1. The molecule has 1 rings (SSSR count). The zero-order valence-corrected chi connectivity index (χ0v) is 60.0. The Balaban J connectivity index is -0.000000970. The fourth-order valence-corrected chi connectivity index (χ4v) is 37.2. The highest BCUT2D eigenvalue weighted by atomic mass is 35.5. The standard InChI is InChI=1S/C17H29Cl5O2.C16H36Cl4O4Si4.2C6H15ClO2Si/c1-3-12(18)11-14(20)5-4-6-15(21)16(22)9-7-13(19)8-10-17(23)24-2;1-25(13-5-9-17)21-26(2,14-6-10-18)23-28(4,16-8-12-20)24-27(3,22-25)15-7-11-19;2*1-8-10(3,9-2)6-4-5-7/h12-16H,3-11H2,1-2H3;5-16H2,1-4H3;2*4-6H2,1-3H3. The van der Waals surface area contributed by atoms with E-state index in [4.69, 9.17) is 162 Å². The smallest absolute Gasteiger partial charge is 0.334 e. The number of carbonyl (C=O) groups is 1. The Morgan fingerprint density at radius 1 is 0.458 bits per heavy atom. The van der Waals surface area contributed by atoms with Crippen molar-refractivity contribution in [3.05, 3.63) is 0 Å². The first kappa shape index (κ1) is 79.9. The number of rotatable bonds is 36. The Labute approximate surface area is 500 Å². The lowest BCUT2D eigenvalue weighted by molar-refractivity contribution is -0.140. The van der Waals surface area contributed by atoms with Gasteiger partial charge in [0.2, 0.25) is 0 Å². The van der Waals surface area contributed by atoms with E-state index < -0.39 is 51.4 Å². The van der Waals surface area contributed by atoms with Crippen LogP contribution in [0.15, 0.2) is 0 Å². The molecule has 0 aromatic carbocycles. The molecule has 0 saturated carbocycles. The van der Waals surface area contributed by atoms with Crippen LogP contribution in [0.1, 0.15) is 103 Å². The average Bonchev–Trinajstić information content (AvgIpc) is 3.35. The Morgan fingerprint density at radius 2 is 0.792 bits per heavy atom. The Bertz CT molecular complexity index is 1190. The number of alkyl halides is 11. The summed E-state index contributed by atoms with van der Waals surface area (Å²) in [6.45, 7) is 14.7. The van der Waals surface area contributed by atoms with Gasteiger partial charge in [-0.25, -0.2) is 0 Å². The van der Waals surface area contributed by atoms with E-state index in [1.807, 2.05) is 13.1 Å². The lowest BCUT2D eigenvalue weighted by Crippen LogP contribution is -2.67. The van der Waals surface area contributed by atoms with Gasteiger partial charge in [0, 0.05) is 97.0 Å². The van der Waals surface area contributed by atoms with Crippen LogP contribution in [0, 0.1) is 0 Å². The molecule has 0 aromatic rings. The van der Waals surface area contributed by atoms with E-state index in [1.165, 1.54) is 7.11 Å². The third-order valence-corrected chi connectivity index (χ3v) is 41.0. The highest BCUT2D eigenvalue weighted by molar-refractivity contribution is 6.94. The van der Waals surface area contributed by atoms with E-state index >= 15 is 0 Å². The minimum Gasteiger partial charge on any atom is -0.469 e. The predicted octanol–water partition coefficient (Wildman–Crippen LogP) is 17.6. The van der Waals surface area contributed by atoms with Crippen LogP contribution in [0.5, 0.6) is 0 Å². The summed E-state index contributed by atoms with van der Waals surface area (Å²) >= 11 is 66.4. The Morgan fingerprint density at radius 3 is 1.08 bits per heavy atom. The van der Waals surface area contributed by atoms with Crippen LogP contribution in [0.4, 0.5) is 0 Å². The number of halogens is 11. The molecule has 436 valence electrons. The summed E-state index contributed by atoms with van der Waals surface area (Å²) in [5.41, 5.74) is 0. The molecule has 0 amide bonds. The van der Waals surface area contributed by atoms with Crippen molar-refractivity contribution in [3.8, 4) is 0 Å². The average molecular weight is 1350 g/mol. The number of hydrogen-bond acceptors (Lipinski definition) is 10. The van der Waals surface area contributed by atoms with Crippen molar-refractivity contribution in [1.82, 2.24) is 0 Å². The number of ether oxygens (including phenoxy) is 1. The molecule has 1 saturated heterocycles. The van der Waals surface area contributed by atoms with Crippen LogP contribution < -0.4 is 0 Å². The maximum Gasteiger partial charge on any atom is 0.334 e. The summed E-state index contributed by atoms with van der Waals surface area (Å²) in [4.78, 5) is 11.1. The van der Waals surface area contributed by atoms with Crippen LogP contribution in [0.3, 0.4) is 0 Å². The van der Waals surface area contributed by atoms with Gasteiger partial charge in [0.25, 0.3) is 0 Å². The van der Waals surface area contributed by atoms with Gasteiger partial charge in [-0.15, -0.1) is 128 Å². The van der Waals surface area contributed by atoms with Crippen molar-refractivity contribution in [2.45, 2.75) is 206 Å². The lowest BCUT2D eigenvalue weighted by Gasteiger charge is -2.50. The minimum atomic E-state index is -2.51. The highest BCUT2D eigenvalue weighted by Crippen LogP contribution is 2.39. The topological polar surface area (TPSA) is 100 Å². The summed E-state index contributed by atoms with van der Waals surface area (Å²) in [5, 5.41) is -0.0771. The minimum absolute atomic E-state index is 0.0869. The SMILES string of the molecule is CCC(Cl)CC(Cl)CCCC(Cl)C(Cl)CCC(Cl)CCC(=O)OC.CO[Si](C)(CCCCl)OC.CO[Si](C)(CCCCl)OC.C[Si]1(CCCCl)O[Si](C)(CCCCl)O[Si](C)(CCCCl)O[Si](C)(CCCCl)O1. The first-order chi connectivity index (χ1) is 33.7. The van der Waals surface area contributed by atoms with Crippen molar-refractivity contribution in [3.63, 3.8) is 0 Å². The van der Waals surface area contributed by atoms with Crippen LogP contribution >= 0.6 is 128 Å². The number of esters is 1. The molecule has 1 fully saturated rings. The fourth-order valence-electron chi connectivity index (χ4n) is 7.54. The molecule has 1 aliphatic rings. The molecule has 0 aliphatic carbocycles. The molecular formula is C45H95Cl11O10Si6. The monoisotopic (exact) mass is 1350 g/mol. The van der Waals surface area contributed by atoms with Crippen molar-refractivity contribution in [1.29, 1.82) is 0 Å². The molecule has 0 bridgehead atoms. The third-order valence-electron chi connectivity index (χ3n) is 12.0. The third kappa shape index (κ3) is 40.8. The number of hydrogen-bond donors (Lipinski definition) is 0. The molecule has 0 N–H and O–H groups in total. The molecule has 0 spiro atoms. The van der Waals surface area contributed by atoms with Crippen LogP contribution in [-0.2, 0) is 43.7 Å². The summed E-state index contributed by atoms with van der Waals surface area (Å²) < 4.78 is 53.0. The predicted molar refractivity (Wildman–Crippen MR) is 330 cm³/mol. The summed E-state index contributed by atoms with van der Waals surface area (Å²) in [6, 6.07) is 5.32. The van der Waals surface area contributed by atoms with Crippen molar-refractivity contribution in [2.75, 3.05) is 70.8 Å². The largest absolute Gasteiger partial charge is 0.469 e. The van der Waals surface area contributed by atoms with Gasteiger partial charge in [0.05, 0.1) is 7.11 Å². The maximum absolute atomic E-state index is 11.1. The van der Waals surface area contributed by atoms with Crippen LogP contribution in [0.2, 0.25) is 75.5 Å². The normalized spacial score (nSPS) is 23.6. The summed E-state index contributed by atoms with van der Waals surface area (Å²) in [6.07, 6.45) is 12.2. The first-order valence-electron chi connectivity index (χ1n) is 25.4. The Kier molecular flexibility index (Phi) is 51.2. The molecule has 5 unspecified atom stereocenters. The van der Waals surface area contributed by atoms with Crippen molar-refractivity contribution in [2.24, 2.45) is 0 Å². The first-order valence-corrected chi connectivity index (χ1v) is 45.9. The van der Waals surface area contributed by atoms with Gasteiger partial charge in [0.15, 0.2) is 0 Å². The molecule has 1 aliphatic heterocycles. The van der Waals surface area contributed by atoms with Gasteiger partial charge in [0.1, 0.15) is 0 Å². The summed E-state index contributed by atoms with van der Waals surface area (Å²) in [5.74, 6) is 3.53. The van der Waals surface area contributed by atoms with Gasteiger partial charge in [-0.1, -0.05) is 13.3 Å². The van der Waals surface area contributed by atoms with Gasteiger partial charge in [-0.3, -0.25) is 4.79 Å². The molecule has 27 heteroatoms.